The molecule has 2 unspecified atom stereocenters. The standard InChI is InChI=1S/C32H38O6/c1-23(27-17-18-27)37-31-30(36-21-26-15-9-4-10-16-26)29(35-20-25-13-7-3-8-14-25)28(38-32(31)33)22-34-19-24-11-5-2-6-12-24/h2-16,23,27-33H,17-22H2,1H3/t23?,28-,29-,30+,31-,32?/m1/s1. The van der Waals surface area contributed by atoms with Crippen molar-refractivity contribution < 1.29 is 28.8 Å². The summed E-state index contributed by atoms with van der Waals surface area (Å²) < 4.78 is 31.6. The molecule has 38 heavy (non-hydrogen) atoms. The van der Waals surface area contributed by atoms with Crippen molar-refractivity contribution >= 4 is 0 Å². The Morgan fingerprint density at radius 2 is 1.21 bits per heavy atom. The van der Waals surface area contributed by atoms with E-state index in [0.717, 1.165) is 29.5 Å². The quantitative estimate of drug-likeness (QED) is 0.332. The molecule has 0 bridgehead atoms. The van der Waals surface area contributed by atoms with Crippen LogP contribution in [-0.4, -0.2) is 48.5 Å². The molecule has 3 aromatic rings. The van der Waals surface area contributed by atoms with Gasteiger partial charge in [0, 0.05) is 0 Å². The number of hydrogen-bond acceptors (Lipinski definition) is 6. The maximum absolute atomic E-state index is 11.1. The molecular formula is C32H38O6. The van der Waals surface area contributed by atoms with Gasteiger partial charge >= 0.3 is 0 Å². The minimum absolute atomic E-state index is 0.00160. The van der Waals surface area contributed by atoms with Gasteiger partial charge in [-0.05, 0) is 42.4 Å². The summed E-state index contributed by atoms with van der Waals surface area (Å²) >= 11 is 0. The molecule has 6 atom stereocenters. The molecule has 1 saturated heterocycles. The van der Waals surface area contributed by atoms with Crippen LogP contribution in [-0.2, 0) is 43.5 Å². The van der Waals surface area contributed by atoms with Crippen LogP contribution in [0.3, 0.4) is 0 Å². The van der Waals surface area contributed by atoms with Gasteiger partial charge in [0.05, 0.1) is 32.5 Å². The molecule has 0 radical (unpaired) electrons. The summed E-state index contributed by atoms with van der Waals surface area (Å²) in [6.07, 6.45) is -1.13. The first-order valence-corrected chi connectivity index (χ1v) is 13.6. The van der Waals surface area contributed by atoms with Gasteiger partial charge in [-0.15, -0.1) is 0 Å². The Hall–Kier alpha value is -2.58. The van der Waals surface area contributed by atoms with Crippen LogP contribution in [0.15, 0.2) is 91.0 Å². The van der Waals surface area contributed by atoms with Gasteiger partial charge in [0.25, 0.3) is 0 Å². The first-order chi connectivity index (χ1) is 18.7. The zero-order valence-electron chi connectivity index (χ0n) is 21.9. The first kappa shape index (κ1) is 27.0. The number of aliphatic hydroxyl groups is 1. The van der Waals surface area contributed by atoms with Crippen molar-refractivity contribution in [3.8, 4) is 0 Å². The average molecular weight is 519 g/mol. The van der Waals surface area contributed by atoms with Gasteiger partial charge in [0.2, 0.25) is 0 Å². The van der Waals surface area contributed by atoms with Gasteiger partial charge in [0.1, 0.15) is 24.4 Å². The highest BCUT2D eigenvalue weighted by molar-refractivity contribution is 5.15. The van der Waals surface area contributed by atoms with Crippen molar-refractivity contribution in [3.63, 3.8) is 0 Å². The first-order valence-electron chi connectivity index (χ1n) is 13.6. The molecule has 6 nitrogen and oxygen atoms in total. The van der Waals surface area contributed by atoms with Crippen molar-refractivity contribution in [1.82, 2.24) is 0 Å². The molecule has 1 saturated carbocycles. The van der Waals surface area contributed by atoms with Gasteiger partial charge < -0.3 is 28.8 Å². The monoisotopic (exact) mass is 518 g/mol. The lowest BCUT2D eigenvalue weighted by Crippen LogP contribution is -2.61. The zero-order valence-corrected chi connectivity index (χ0v) is 21.9. The summed E-state index contributed by atoms with van der Waals surface area (Å²) in [5, 5.41) is 11.1. The summed E-state index contributed by atoms with van der Waals surface area (Å²) in [7, 11) is 0. The maximum Gasteiger partial charge on any atom is 0.184 e. The van der Waals surface area contributed by atoms with Crippen LogP contribution < -0.4 is 0 Å². The third kappa shape index (κ3) is 7.50. The van der Waals surface area contributed by atoms with Crippen molar-refractivity contribution in [3.05, 3.63) is 108 Å². The van der Waals surface area contributed by atoms with E-state index < -0.39 is 30.7 Å². The summed E-state index contributed by atoms with van der Waals surface area (Å²) in [4.78, 5) is 0. The van der Waals surface area contributed by atoms with E-state index in [1.54, 1.807) is 0 Å². The molecular weight excluding hydrogens is 480 g/mol. The van der Waals surface area contributed by atoms with Gasteiger partial charge in [-0.2, -0.15) is 0 Å². The Labute approximate surface area is 225 Å². The summed E-state index contributed by atoms with van der Waals surface area (Å²) in [6, 6.07) is 30.1. The van der Waals surface area contributed by atoms with Crippen molar-refractivity contribution in [2.45, 2.75) is 76.4 Å². The number of ether oxygens (including phenoxy) is 5. The molecule has 5 rings (SSSR count). The molecule has 2 aliphatic rings. The summed E-state index contributed by atoms with van der Waals surface area (Å²) in [6.45, 7) is 3.51. The molecule has 1 N–H and O–H groups in total. The van der Waals surface area contributed by atoms with E-state index in [-0.39, 0.29) is 12.7 Å². The van der Waals surface area contributed by atoms with Crippen LogP contribution in [0.1, 0.15) is 36.5 Å². The lowest BCUT2D eigenvalue weighted by atomic mass is 9.97. The third-order valence-corrected chi connectivity index (χ3v) is 7.23. The Morgan fingerprint density at radius 1 is 0.711 bits per heavy atom. The second kappa shape index (κ2) is 13.5. The van der Waals surface area contributed by atoms with Crippen LogP contribution in [0.4, 0.5) is 0 Å². The molecule has 0 amide bonds. The van der Waals surface area contributed by atoms with Crippen LogP contribution in [0, 0.1) is 5.92 Å². The highest BCUT2D eigenvalue weighted by atomic mass is 16.7. The van der Waals surface area contributed by atoms with Crippen molar-refractivity contribution in [2.75, 3.05) is 6.61 Å². The maximum atomic E-state index is 11.1. The lowest BCUT2D eigenvalue weighted by molar-refractivity contribution is -0.321. The topological polar surface area (TPSA) is 66.4 Å². The van der Waals surface area contributed by atoms with E-state index in [9.17, 15) is 5.11 Å². The van der Waals surface area contributed by atoms with Crippen LogP contribution in [0.25, 0.3) is 0 Å². The normalized spacial score (nSPS) is 26.2. The fourth-order valence-corrected chi connectivity index (χ4v) is 4.89. The highest BCUT2D eigenvalue weighted by Crippen LogP contribution is 2.37. The van der Waals surface area contributed by atoms with Gasteiger partial charge in [0.15, 0.2) is 6.29 Å². The predicted octanol–water partition coefficient (Wildman–Crippen LogP) is 5.27. The van der Waals surface area contributed by atoms with Crippen LogP contribution >= 0.6 is 0 Å². The van der Waals surface area contributed by atoms with Gasteiger partial charge in [-0.3, -0.25) is 0 Å². The molecule has 0 spiro atoms. The number of rotatable bonds is 13. The molecule has 3 aromatic carbocycles. The fourth-order valence-electron chi connectivity index (χ4n) is 4.89. The molecule has 1 aliphatic heterocycles. The minimum Gasteiger partial charge on any atom is -0.374 e. The lowest BCUT2D eigenvalue weighted by Gasteiger charge is -2.45. The minimum atomic E-state index is -1.15. The number of benzene rings is 3. The van der Waals surface area contributed by atoms with Crippen LogP contribution in [0.5, 0.6) is 0 Å². The highest BCUT2D eigenvalue weighted by Gasteiger charge is 2.49. The molecule has 2 fully saturated rings. The number of hydrogen-bond donors (Lipinski definition) is 1. The second-order valence-corrected chi connectivity index (χ2v) is 10.2. The van der Waals surface area contributed by atoms with Crippen molar-refractivity contribution in [1.29, 1.82) is 0 Å². The fraction of sp³-hybridized carbons (Fsp3) is 0.438. The van der Waals surface area contributed by atoms with E-state index >= 15 is 0 Å². The summed E-state index contributed by atoms with van der Waals surface area (Å²) in [5.41, 5.74) is 3.16. The molecule has 1 heterocycles. The Bertz CT molecular complexity index is 1070. The Morgan fingerprint density at radius 3 is 1.74 bits per heavy atom. The van der Waals surface area contributed by atoms with Crippen molar-refractivity contribution in [2.24, 2.45) is 5.92 Å². The van der Waals surface area contributed by atoms with E-state index in [0.29, 0.717) is 25.7 Å². The molecule has 0 aromatic heterocycles. The van der Waals surface area contributed by atoms with Gasteiger partial charge in [-0.25, -0.2) is 0 Å². The van der Waals surface area contributed by atoms with E-state index in [1.807, 2.05) is 91.0 Å². The smallest absolute Gasteiger partial charge is 0.184 e. The molecule has 6 heteroatoms. The SMILES string of the molecule is CC(O[C@H]1C(O)O[C@H](COCc2ccccc2)[C@@H](OCc2ccccc2)[C@@H]1OCc1ccccc1)C1CC1. The van der Waals surface area contributed by atoms with E-state index in [4.69, 9.17) is 23.7 Å². The number of aliphatic hydroxyl groups excluding tert-OH is 1. The van der Waals surface area contributed by atoms with E-state index in [1.165, 1.54) is 0 Å². The largest absolute Gasteiger partial charge is 0.374 e. The molecule has 202 valence electrons. The van der Waals surface area contributed by atoms with E-state index in [2.05, 4.69) is 6.92 Å². The molecule has 1 aliphatic carbocycles. The Balaban J connectivity index is 1.35. The summed E-state index contributed by atoms with van der Waals surface area (Å²) in [5.74, 6) is 0.507. The van der Waals surface area contributed by atoms with Crippen LogP contribution in [0.2, 0.25) is 0 Å². The predicted molar refractivity (Wildman–Crippen MR) is 144 cm³/mol. The average Bonchev–Trinajstić information content (AvgIpc) is 3.80. The van der Waals surface area contributed by atoms with Gasteiger partial charge in [-0.1, -0.05) is 91.0 Å². The zero-order chi connectivity index (χ0) is 26.2. The third-order valence-electron chi connectivity index (χ3n) is 7.23. The Kier molecular flexibility index (Phi) is 9.57. The second-order valence-electron chi connectivity index (χ2n) is 10.2.